The van der Waals surface area contributed by atoms with Crippen molar-refractivity contribution in [3.05, 3.63) is 102 Å². The number of ether oxygens (including phenoxy) is 1. The van der Waals surface area contributed by atoms with Gasteiger partial charge in [-0.3, -0.25) is 9.59 Å². The summed E-state index contributed by atoms with van der Waals surface area (Å²) in [5, 5.41) is 11.6. The minimum absolute atomic E-state index is 0.0418. The summed E-state index contributed by atoms with van der Waals surface area (Å²) in [5.74, 6) is 0.323. The van der Waals surface area contributed by atoms with Gasteiger partial charge in [-0.1, -0.05) is 23.7 Å². The lowest BCUT2D eigenvalue weighted by atomic mass is 9.96. The molecule has 2 heterocycles. The number of hydrogen-bond donors (Lipinski definition) is 1. The number of carbonyl (C=O) groups is 2. The first-order valence-corrected chi connectivity index (χ1v) is 12.5. The predicted octanol–water partition coefficient (Wildman–Crippen LogP) is 4.96. The van der Waals surface area contributed by atoms with Crippen LogP contribution in [0, 0.1) is 11.7 Å². The average Bonchev–Trinajstić information content (AvgIpc) is 3.58. The van der Waals surface area contributed by atoms with Gasteiger partial charge < -0.3 is 15.0 Å². The van der Waals surface area contributed by atoms with Crippen LogP contribution in [0.2, 0.25) is 5.02 Å². The highest BCUT2D eigenvalue weighted by atomic mass is 35.5. The Morgan fingerprint density at radius 2 is 1.58 bits per heavy atom. The van der Waals surface area contributed by atoms with Crippen LogP contribution in [-0.2, 0) is 22.6 Å². The van der Waals surface area contributed by atoms with Crippen LogP contribution in [0.4, 0.5) is 10.1 Å². The first-order chi connectivity index (χ1) is 18.4. The van der Waals surface area contributed by atoms with Crippen molar-refractivity contribution in [3.8, 4) is 11.5 Å². The SMILES string of the molecule is O=C(Nc1ccc(Oc2ccc(F)cc2)cc1)C1CC(Cc2ccc(Cl)cc2)CN1C(=O)Cn1nccn1. The predicted molar refractivity (Wildman–Crippen MR) is 140 cm³/mol. The number of halogens is 2. The molecule has 1 aliphatic heterocycles. The third-order valence-electron chi connectivity index (χ3n) is 6.36. The maximum absolute atomic E-state index is 13.4. The highest BCUT2D eigenvalue weighted by molar-refractivity contribution is 6.30. The van der Waals surface area contributed by atoms with Gasteiger partial charge in [-0.25, -0.2) is 4.39 Å². The van der Waals surface area contributed by atoms with Crippen molar-refractivity contribution < 1.29 is 18.7 Å². The van der Waals surface area contributed by atoms with Crippen molar-refractivity contribution in [1.82, 2.24) is 19.9 Å². The monoisotopic (exact) mass is 533 g/mol. The maximum Gasteiger partial charge on any atom is 0.247 e. The van der Waals surface area contributed by atoms with Crippen LogP contribution in [0.15, 0.2) is 85.2 Å². The minimum Gasteiger partial charge on any atom is -0.457 e. The van der Waals surface area contributed by atoms with E-state index in [4.69, 9.17) is 16.3 Å². The van der Waals surface area contributed by atoms with Gasteiger partial charge in [-0.05, 0) is 85.0 Å². The lowest BCUT2D eigenvalue weighted by molar-refractivity contribution is -0.137. The summed E-state index contributed by atoms with van der Waals surface area (Å²) in [6.07, 6.45) is 4.27. The van der Waals surface area contributed by atoms with E-state index in [0.29, 0.717) is 35.2 Å². The highest BCUT2D eigenvalue weighted by Gasteiger charge is 2.39. The number of likely N-dealkylation sites (tertiary alicyclic amines) is 1. The molecule has 2 amide bonds. The van der Waals surface area contributed by atoms with E-state index in [0.717, 1.165) is 12.0 Å². The Labute approximate surface area is 224 Å². The van der Waals surface area contributed by atoms with Crippen LogP contribution in [0.25, 0.3) is 0 Å². The molecule has 4 aromatic rings. The maximum atomic E-state index is 13.4. The van der Waals surface area contributed by atoms with Gasteiger partial charge >= 0.3 is 0 Å². The molecule has 8 nitrogen and oxygen atoms in total. The van der Waals surface area contributed by atoms with Crippen LogP contribution in [0.5, 0.6) is 11.5 Å². The van der Waals surface area contributed by atoms with Crippen LogP contribution in [0.1, 0.15) is 12.0 Å². The first kappa shape index (κ1) is 25.4. The normalized spacial score (nSPS) is 16.8. The molecule has 0 radical (unpaired) electrons. The molecule has 194 valence electrons. The third-order valence-corrected chi connectivity index (χ3v) is 6.61. The number of hydrogen-bond acceptors (Lipinski definition) is 5. The lowest BCUT2D eigenvalue weighted by Crippen LogP contribution is -2.44. The van der Waals surface area contributed by atoms with E-state index in [2.05, 4.69) is 15.5 Å². The molecule has 2 unspecified atom stereocenters. The zero-order chi connectivity index (χ0) is 26.5. The number of aromatic nitrogens is 3. The number of rotatable bonds is 8. The van der Waals surface area contributed by atoms with Crippen LogP contribution >= 0.6 is 11.6 Å². The Balaban J connectivity index is 1.26. The Kier molecular flexibility index (Phi) is 7.65. The molecule has 3 aromatic carbocycles. The quantitative estimate of drug-likeness (QED) is 0.346. The van der Waals surface area contributed by atoms with Crippen LogP contribution in [-0.4, -0.2) is 44.3 Å². The molecule has 5 rings (SSSR count). The summed E-state index contributed by atoms with van der Waals surface area (Å²) < 4.78 is 18.8. The first-order valence-electron chi connectivity index (χ1n) is 12.2. The van der Waals surface area contributed by atoms with Gasteiger partial charge in [0.1, 0.15) is 29.9 Å². The Hall–Kier alpha value is -4.24. The van der Waals surface area contributed by atoms with E-state index in [1.54, 1.807) is 29.2 Å². The van der Waals surface area contributed by atoms with Crippen molar-refractivity contribution in [1.29, 1.82) is 0 Å². The van der Waals surface area contributed by atoms with Gasteiger partial charge in [-0.2, -0.15) is 15.0 Å². The van der Waals surface area contributed by atoms with Crippen molar-refractivity contribution in [2.75, 3.05) is 11.9 Å². The molecule has 38 heavy (non-hydrogen) atoms. The minimum atomic E-state index is -0.634. The topological polar surface area (TPSA) is 89.4 Å². The Morgan fingerprint density at radius 1 is 0.947 bits per heavy atom. The van der Waals surface area contributed by atoms with E-state index in [1.807, 2.05) is 24.3 Å². The number of carbonyl (C=O) groups excluding carboxylic acids is 2. The second kappa shape index (κ2) is 11.4. The summed E-state index contributed by atoms with van der Waals surface area (Å²) in [7, 11) is 0. The average molecular weight is 534 g/mol. The summed E-state index contributed by atoms with van der Waals surface area (Å²) in [4.78, 5) is 29.4. The molecule has 0 bridgehead atoms. The molecule has 1 aromatic heterocycles. The molecule has 1 saturated heterocycles. The van der Waals surface area contributed by atoms with E-state index in [-0.39, 0.29) is 30.1 Å². The second-order valence-corrected chi connectivity index (χ2v) is 9.56. The van der Waals surface area contributed by atoms with E-state index in [1.165, 1.54) is 41.5 Å². The van der Waals surface area contributed by atoms with Gasteiger partial charge in [0.05, 0.1) is 12.4 Å². The highest BCUT2D eigenvalue weighted by Crippen LogP contribution is 2.29. The van der Waals surface area contributed by atoms with E-state index < -0.39 is 6.04 Å². The van der Waals surface area contributed by atoms with Gasteiger partial charge in [0.25, 0.3) is 0 Å². The fourth-order valence-electron chi connectivity index (χ4n) is 4.56. The summed E-state index contributed by atoms with van der Waals surface area (Å²) in [6, 6.07) is 19.5. The van der Waals surface area contributed by atoms with Crippen molar-refractivity contribution >= 4 is 29.1 Å². The molecule has 1 N–H and O–H groups in total. The number of nitrogens with zero attached hydrogens (tertiary/aromatic N) is 4. The molecule has 0 spiro atoms. The molecule has 1 aliphatic rings. The lowest BCUT2D eigenvalue weighted by Gasteiger charge is -2.23. The number of anilines is 1. The number of nitrogens with one attached hydrogen (secondary N) is 1. The number of amides is 2. The largest absolute Gasteiger partial charge is 0.457 e. The Morgan fingerprint density at radius 3 is 2.24 bits per heavy atom. The third kappa shape index (κ3) is 6.36. The fourth-order valence-corrected chi connectivity index (χ4v) is 4.68. The van der Waals surface area contributed by atoms with Gasteiger partial charge in [0, 0.05) is 17.3 Å². The molecule has 2 atom stereocenters. The zero-order valence-corrected chi connectivity index (χ0v) is 21.1. The van der Waals surface area contributed by atoms with Gasteiger partial charge in [0.2, 0.25) is 11.8 Å². The molecular formula is C28H25ClFN5O3. The summed E-state index contributed by atoms with van der Waals surface area (Å²) >= 11 is 6.02. The molecule has 0 aliphatic carbocycles. The standard InChI is InChI=1S/C28H25ClFN5O3/c29-21-3-1-19(2-4-21)15-20-16-26(34(17-20)27(36)18-35-31-13-14-32-35)28(37)33-23-7-11-25(12-8-23)38-24-9-5-22(30)6-10-24/h1-14,20,26H,15-18H2,(H,33,37). The van der Waals surface area contributed by atoms with Crippen LogP contribution < -0.4 is 10.1 Å². The molecule has 10 heteroatoms. The second-order valence-electron chi connectivity index (χ2n) is 9.12. The van der Waals surface area contributed by atoms with Crippen molar-refractivity contribution in [2.24, 2.45) is 5.92 Å². The van der Waals surface area contributed by atoms with Crippen molar-refractivity contribution in [3.63, 3.8) is 0 Å². The summed E-state index contributed by atoms with van der Waals surface area (Å²) in [5.41, 5.74) is 1.67. The fraction of sp³-hybridized carbons (Fsp3) is 0.214. The van der Waals surface area contributed by atoms with E-state index >= 15 is 0 Å². The summed E-state index contributed by atoms with van der Waals surface area (Å²) in [6.45, 7) is 0.408. The Bertz CT molecular complexity index is 1380. The molecule has 0 saturated carbocycles. The van der Waals surface area contributed by atoms with Crippen LogP contribution in [0.3, 0.4) is 0 Å². The molecule has 1 fully saturated rings. The zero-order valence-electron chi connectivity index (χ0n) is 20.3. The number of benzene rings is 3. The van der Waals surface area contributed by atoms with E-state index in [9.17, 15) is 14.0 Å². The van der Waals surface area contributed by atoms with Crippen molar-refractivity contribution in [2.45, 2.75) is 25.4 Å². The van der Waals surface area contributed by atoms with Gasteiger partial charge in [0.15, 0.2) is 0 Å². The van der Waals surface area contributed by atoms with Gasteiger partial charge in [-0.15, -0.1) is 0 Å². The smallest absolute Gasteiger partial charge is 0.247 e. The molecular weight excluding hydrogens is 509 g/mol.